The summed E-state index contributed by atoms with van der Waals surface area (Å²) in [4.78, 5) is 16.5. The Morgan fingerprint density at radius 3 is 2.66 bits per heavy atom. The number of carbonyl (C=O) groups is 1. The maximum atomic E-state index is 12.9. The smallest absolute Gasteiger partial charge is 0.416 e. The van der Waals surface area contributed by atoms with Gasteiger partial charge in [0.25, 0.3) is 0 Å². The Hall–Kier alpha value is -2.97. The Morgan fingerprint density at radius 2 is 1.92 bits per heavy atom. The summed E-state index contributed by atoms with van der Waals surface area (Å²) in [6.45, 7) is 0.445. The van der Waals surface area contributed by atoms with E-state index < -0.39 is 11.7 Å². The lowest BCUT2D eigenvalue weighted by molar-refractivity contribution is -0.137. The van der Waals surface area contributed by atoms with Crippen LogP contribution in [0.3, 0.4) is 0 Å². The highest BCUT2D eigenvalue weighted by molar-refractivity contribution is 14.1. The quantitative estimate of drug-likeness (QED) is 0.107. The number of benzene rings is 3. The number of rotatable bonds is 9. The van der Waals surface area contributed by atoms with Crippen LogP contribution in [0.15, 0.2) is 81.7 Å². The van der Waals surface area contributed by atoms with Crippen LogP contribution < -0.4 is 15.5 Å². The third-order valence-electron chi connectivity index (χ3n) is 5.00. The second-order valence-corrected chi connectivity index (χ2v) is 10.9. The van der Waals surface area contributed by atoms with Crippen LogP contribution in [0.5, 0.6) is 5.75 Å². The van der Waals surface area contributed by atoms with Crippen molar-refractivity contribution >= 4 is 72.8 Å². The second kappa shape index (κ2) is 12.7. The molecule has 0 aliphatic heterocycles. The highest BCUT2D eigenvalue weighted by Crippen LogP contribution is 2.32. The Kier molecular flexibility index (Phi) is 9.39. The van der Waals surface area contributed by atoms with E-state index in [0.717, 1.165) is 37.1 Å². The minimum Gasteiger partial charge on any atom is -0.488 e. The number of aromatic nitrogens is 1. The van der Waals surface area contributed by atoms with Gasteiger partial charge in [0.1, 0.15) is 12.4 Å². The second-order valence-electron chi connectivity index (χ2n) is 7.92. The molecule has 0 aliphatic carbocycles. The normalized spacial score (nSPS) is 11.5. The first-order chi connectivity index (χ1) is 18.2. The Morgan fingerprint density at radius 1 is 1.13 bits per heavy atom. The van der Waals surface area contributed by atoms with Gasteiger partial charge in [0.05, 0.1) is 27.5 Å². The van der Waals surface area contributed by atoms with Crippen LogP contribution in [0.25, 0.3) is 0 Å². The van der Waals surface area contributed by atoms with Crippen molar-refractivity contribution in [2.45, 2.75) is 19.2 Å². The molecular weight excluding hydrogens is 696 g/mol. The summed E-state index contributed by atoms with van der Waals surface area (Å²) in [5, 5.41) is 8.88. The zero-order chi connectivity index (χ0) is 27.1. The summed E-state index contributed by atoms with van der Waals surface area (Å²) in [7, 11) is 0. The van der Waals surface area contributed by atoms with Crippen molar-refractivity contribution in [2.24, 2.45) is 5.10 Å². The molecule has 3 aromatic carbocycles. The van der Waals surface area contributed by atoms with Gasteiger partial charge in [-0.15, -0.1) is 11.3 Å². The summed E-state index contributed by atoms with van der Waals surface area (Å²) >= 11 is 6.78. The van der Waals surface area contributed by atoms with E-state index in [-0.39, 0.29) is 18.0 Å². The number of amides is 1. The van der Waals surface area contributed by atoms with Gasteiger partial charge in [-0.05, 0) is 82.2 Å². The van der Waals surface area contributed by atoms with E-state index in [9.17, 15) is 18.0 Å². The average molecular weight is 715 g/mol. The zero-order valence-corrected chi connectivity index (χ0v) is 24.0. The van der Waals surface area contributed by atoms with Gasteiger partial charge in [-0.25, -0.2) is 10.4 Å². The van der Waals surface area contributed by atoms with Gasteiger partial charge < -0.3 is 10.1 Å². The average Bonchev–Trinajstić information content (AvgIpc) is 3.30. The molecule has 2 N–H and O–H groups in total. The van der Waals surface area contributed by atoms with Crippen LogP contribution in [0.1, 0.15) is 22.4 Å². The van der Waals surface area contributed by atoms with Crippen molar-refractivity contribution in [3.63, 3.8) is 0 Å². The molecule has 0 aliphatic rings. The molecule has 0 atom stereocenters. The SMILES string of the molecule is O=C(Cc1csc(Nc2cccc(C(F)(F)F)c2)n1)N/N=C\c1ccc(OCc2ccc(Br)cc2)c(I)c1. The van der Waals surface area contributed by atoms with Crippen molar-refractivity contribution in [3.05, 3.63) is 103 Å². The maximum Gasteiger partial charge on any atom is 0.416 e. The van der Waals surface area contributed by atoms with Crippen molar-refractivity contribution in [1.82, 2.24) is 10.4 Å². The molecule has 38 heavy (non-hydrogen) atoms. The lowest BCUT2D eigenvalue weighted by Crippen LogP contribution is -2.19. The monoisotopic (exact) mass is 714 g/mol. The molecule has 1 amide bonds. The fraction of sp³-hybridized carbons (Fsp3) is 0.115. The van der Waals surface area contributed by atoms with Crippen LogP contribution >= 0.6 is 49.9 Å². The van der Waals surface area contributed by atoms with E-state index in [4.69, 9.17) is 4.74 Å². The highest BCUT2D eigenvalue weighted by Gasteiger charge is 2.30. The molecule has 0 unspecified atom stereocenters. The van der Waals surface area contributed by atoms with Crippen LogP contribution in [-0.4, -0.2) is 17.1 Å². The Labute approximate surface area is 242 Å². The number of thiazole rings is 1. The summed E-state index contributed by atoms with van der Waals surface area (Å²) in [5.41, 5.74) is 4.27. The van der Waals surface area contributed by atoms with Gasteiger partial charge >= 0.3 is 6.18 Å². The fourth-order valence-corrected chi connectivity index (χ4v) is 4.87. The molecular formula is C26H19BrF3IN4O2S. The summed E-state index contributed by atoms with van der Waals surface area (Å²) in [5.74, 6) is 0.370. The van der Waals surface area contributed by atoms with Gasteiger partial charge in [0.2, 0.25) is 5.91 Å². The van der Waals surface area contributed by atoms with Crippen LogP contribution in [0, 0.1) is 3.57 Å². The number of hydrazone groups is 1. The molecule has 6 nitrogen and oxygen atoms in total. The van der Waals surface area contributed by atoms with Crippen LogP contribution in [0.2, 0.25) is 0 Å². The molecule has 4 aromatic rings. The number of nitrogens with zero attached hydrogens (tertiary/aromatic N) is 2. The minimum absolute atomic E-state index is 0.0293. The number of alkyl halides is 3. The Balaban J connectivity index is 1.26. The molecule has 196 valence electrons. The van der Waals surface area contributed by atoms with Gasteiger partial charge in [0.15, 0.2) is 5.13 Å². The first-order valence-electron chi connectivity index (χ1n) is 11.0. The molecule has 1 heterocycles. The third-order valence-corrected chi connectivity index (χ3v) is 7.18. The van der Waals surface area contributed by atoms with E-state index in [1.165, 1.54) is 29.7 Å². The van der Waals surface area contributed by atoms with E-state index in [2.05, 4.69) is 59.3 Å². The maximum absolute atomic E-state index is 12.9. The number of hydrogen-bond acceptors (Lipinski definition) is 6. The summed E-state index contributed by atoms with van der Waals surface area (Å²) < 4.78 is 46.5. The summed E-state index contributed by atoms with van der Waals surface area (Å²) in [6, 6.07) is 18.3. The van der Waals surface area contributed by atoms with E-state index in [0.29, 0.717) is 17.4 Å². The molecule has 0 spiro atoms. The van der Waals surface area contributed by atoms with Crippen LogP contribution in [-0.2, 0) is 24.0 Å². The van der Waals surface area contributed by atoms with Gasteiger partial charge in [-0.2, -0.15) is 18.3 Å². The van der Waals surface area contributed by atoms with E-state index >= 15 is 0 Å². The third kappa shape index (κ3) is 8.27. The number of anilines is 2. The van der Waals surface area contributed by atoms with E-state index in [1.807, 2.05) is 42.5 Å². The zero-order valence-electron chi connectivity index (χ0n) is 19.4. The molecule has 0 radical (unpaired) electrons. The molecule has 4 rings (SSSR count). The van der Waals surface area contributed by atoms with E-state index in [1.54, 1.807) is 5.38 Å². The molecule has 0 bridgehead atoms. The predicted octanol–water partition coefficient (Wildman–Crippen LogP) is 7.54. The number of halogens is 5. The molecule has 1 aromatic heterocycles. The van der Waals surface area contributed by atoms with Gasteiger partial charge in [0, 0.05) is 15.5 Å². The summed E-state index contributed by atoms with van der Waals surface area (Å²) in [6.07, 6.45) is -2.93. The van der Waals surface area contributed by atoms with Crippen molar-refractivity contribution in [1.29, 1.82) is 0 Å². The Bertz CT molecular complexity index is 1450. The van der Waals surface area contributed by atoms with Crippen molar-refractivity contribution in [3.8, 4) is 5.75 Å². The number of ether oxygens (including phenoxy) is 1. The fourth-order valence-electron chi connectivity index (χ4n) is 3.18. The first kappa shape index (κ1) is 28.0. The largest absolute Gasteiger partial charge is 0.488 e. The predicted molar refractivity (Wildman–Crippen MR) is 154 cm³/mol. The molecule has 0 fully saturated rings. The number of hydrogen-bond donors (Lipinski definition) is 2. The van der Waals surface area contributed by atoms with Crippen molar-refractivity contribution in [2.75, 3.05) is 5.32 Å². The highest BCUT2D eigenvalue weighted by atomic mass is 127. The van der Waals surface area contributed by atoms with Crippen LogP contribution in [0.4, 0.5) is 24.0 Å². The number of carbonyl (C=O) groups excluding carboxylic acids is 1. The molecule has 0 saturated carbocycles. The lowest BCUT2D eigenvalue weighted by atomic mass is 10.2. The number of nitrogens with one attached hydrogen (secondary N) is 2. The van der Waals surface area contributed by atoms with Gasteiger partial charge in [-0.1, -0.05) is 34.1 Å². The first-order valence-corrected chi connectivity index (χ1v) is 13.8. The minimum atomic E-state index is -4.43. The molecule has 0 saturated heterocycles. The topological polar surface area (TPSA) is 75.6 Å². The standard InChI is InChI=1S/C26H19BrF3IN4O2S/c27-19-7-4-16(5-8-19)14-37-23-9-6-17(10-22(23)31)13-32-35-24(36)12-21-15-38-25(34-21)33-20-3-1-2-18(11-20)26(28,29)30/h1-11,13,15H,12,14H2,(H,33,34)(H,35,36)/b32-13-. The lowest BCUT2D eigenvalue weighted by Gasteiger charge is -2.09. The molecule has 12 heteroatoms. The van der Waals surface area contributed by atoms with Crippen molar-refractivity contribution < 1.29 is 22.7 Å². The van der Waals surface area contributed by atoms with Gasteiger partial charge in [-0.3, -0.25) is 4.79 Å².